The molecule has 0 spiro atoms. The predicted octanol–water partition coefficient (Wildman–Crippen LogP) is 4.23. The van der Waals surface area contributed by atoms with Gasteiger partial charge in [0.05, 0.1) is 4.92 Å². The second-order valence-electron chi connectivity index (χ2n) is 6.55. The highest BCUT2D eigenvalue weighted by molar-refractivity contribution is 5.95. The average Bonchev–Trinajstić information content (AvgIpc) is 2.77. The summed E-state index contributed by atoms with van der Waals surface area (Å²) in [5.74, 6) is -0.546. The number of aryl methyl sites for hydroxylation is 1. The van der Waals surface area contributed by atoms with Crippen molar-refractivity contribution in [1.82, 2.24) is 15.4 Å². The van der Waals surface area contributed by atoms with Crippen LogP contribution in [0, 0.1) is 10.1 Å². The van der Waals surface area contributed by atoms with Crippen molar-refractivity contribution >= 4 is 28.9 Å². The van der Waals surface area contributed by atoms with E-state index in [0.29, 0.717) is 11.3 Å². The number of hydrogen-bond donors (Lipinski definition) is 3. The van der Waals surface area contributed by atoms with Gasteiger partial charge < -0.3 is 5.32 Å². The normalized spacial score (nSPS) is 10.3. The van der Waals surface area contributed by atoms with Gasteiger partial charge in [0.25, 0.3) is 5.91 Å². The molecule has 9 nitrogen and oxygen atoms in total. The van der Waals surface area contributed by atoms with Gasteiger partial charge in [-0.05, 0) is 42.7 Å². The van der Waals surface area contributed by atoms with E-state index in [9.17, 15) is 14.9 Å². The Labute approximate surface area is 173 Å². The Bertz CT molecular complexity index is 1010. The van der Waals surface area contributed by atoms with Crippen molar-refractivity contribution in [3.8, 4) is 0 Å². The lowest BCUT2D eigenvalue weighted by atomic mass is 10.1. The highest BCUT2D eigenvalue weighted by Gasteiger charge is 2.23. The molecule has 0 fully saturated rings. The molecule has 1 aromatic heterocycles. The van der Waals surface area contributed by atoms with Gasteiger partial charge in [-0.3, -0.25) is 25.8 Å². The molecule has 9 heteroatoms. The number of amides is 1. The standard InChI is InChI=1S/C21H22N6O3/c1-2-3-7-15-10-12-17(13-11-15)24-19-18(27(29)30)20(23-14-22-19)25-26-21(28)16-8-5-4-6-9-16/h4-6,8-14H,2-3,7H2,1H3,(H,26,28)(H2,22,23,24,25). The molecule has 1 amide bonds. The molecule has 3 N–H and O–H groups in total. The summed E-state index contributed by atoms with van der Waals surface area (Å²) in [5, 5.41) is 14.6. The Morgan fingerprint density at radius 3 is 2.40 bits per heavy atom. The molecule has 0 bridgehead atoms. The third-order valence-corrected chi connectivity index (χ3v) is 4.37. The first-order chi connectivity index (χ1) is 14.6. The smallest absolute Gasteiger partial charge is 0.334 e. The van der Waals surface area contributed by atoms with Crippen molar-refractivity contribution in [3.63, 3.8) is 0 Å². The van der Waals surface area contributed by atoms with Gasteiger partial charge in [-0.1, -0.05) is 43.7 Å². The van der Waals surface area contributed by atoms with E-state index >= 15 is 0 Å². The fraction of sp³-hybridized carbons (Fsp3) is 0.190. The molecule has 154 valence electrons. The molecule has 0 aliphatic heterocycles. The minimum atomic E-state index is -0.602. The maximum absolute atomic E-state index is 12.2. The van der Waals surface area contributed by atoms with Crippen molar-refractivity contribution in [2.24, 2.45) is 0 Å². The van der Waals surface area contributed by atoms with Crippen LogP contribution in [0.15, 0.2) is 60.9 Å². The summed E-state index contributed by atoms with van der Waals surface area (Å²) in [4.78, 5) is 31.1. The molecular formula is C21H22N6O3. The van der Waals surface area contributed by atoms with E-state index < -0.39 is 10.8 Å². The van der Waals surface area contributed by atoms with Gasteiger partial charge in [-0.15, -0.1) is 0 Å². The molecule has 0 saturated heterocycles. The third kappa shape index (κ3) is 5.28. The number of hydrogen-bond acceptors (Lipinski definition) is 7. The SMILES string of the molecule is CCCCc1ccc(Nc2ncnc(NNC(=O)c3ccccc3)c2[N+](=O)[O-])cc1. The van der Waals surface area contributed by atoms with Gasteiger partial charge >= 0.3 is 5.69 Å². The molecule has 2 aromatic carbocycles. The minimum absolute atomic E-state index is 0.0211. The lowest BCUT2D eigenvalue weighted by Gasteiger charge is -2.11. The van der Waals surface area contributed by atoms with Crippen molar-refractivity contribution in [2.75, 3.05) is 10.7 Å². The van der Waals surface area contributed by atoms with Crippen LogP contribution in [0.4, 0.5) is 23.0 Å². The zero-order valence-electron chi connectivity index (χ0n) is 16.5. The van der Waals surface area contributed by atoms with Gasteiger partial charge in [-0.2, -0.15) is 0 Å². The van der Waals surface area contributed by atoms with Crippen molar-refractivity contribution in [2.45, 2.75) is 26.2 Å². The van der Waals surface area contributed by atoms with E-state index in [-0.39, 0.29) is 17.3 Å². The number of rotatable bonds is 9. The third-order valence-electron chi connectivity index (χ3n) is 4.37. The van der Waals surface area contributed by atoms with Crippen LogP contribution in [0.2, 0.25) is 0 Å². The first-order valence-electron chi connectivity index (χ1n) is 9.55. The van der Waals surface area contributed by atoms with E-state index in [1.165, 1.54) is 11.9 Å². The van der Waals surface area contributed by atoms with E-state index in [4.69, 9.17) is 0 Å². The molecule has 0 unspecified atom stereocenters. The number of anilines is 3. The first kappa shape index (κ1) is 20.7. The molecule has 3 rings (SSSR count). The first-order valence-corrected chi connectivity index (χ1v) is 9.55. The van der Waals surface area contributed by atoms with E-state index in [2.05, 4.69) is 33.1 Å². The van der Waals surface area contributed by atoms with Crippen LogP contribution in [0.25, 0.3) is 0 Å². The topological polar surface area (TPSA) is 122 Å². The molecule has 0 radical (unpaired) electrons. The van der Waals surface area contributed by atoms with Crippen LogP contribution in [-0.2, 0) is 6.42 Å². The number of nitrogens with zero attached hydrogens (tertiary/aromatic N) is 3. The van der Waals surface area contributed by atoms with Crippen molar-refractivity contribution in [1.29, 1.82) is 0 Å². The van der Waals surface area contributed by atoms with Crippen LogP contribution in [0.1, 0.15) is 35.7 Å². The summed E-state index contributed by atoms with van der Waals surface area (Å²) in [6.07, 6.45) is 4.39. The molecule has 0 aliphatic rings. The lowest BCUT2D eigenvalue weighted by molar-refractivity contribution is -0.383. The Hall–Kier alpha value is -4.01. The Kier molecular flexibility index (Phi) is 6.88. The number of carbonyl (C=O) groups excluding carboxylic acids is 1. The van der Waals surface area contributed by atoms with Crippen LogP contribution in [0.3, 0.4) is 0 Å². The summed E-state index contributed by atoms with van der Waals surface area (Å²) in [6, 6.07) is 16.1. The highest BCUT2D eigenvalue weighted by Crippen LogP contribution is 2.30. The summed E-state index contributed by atoms with van der Waals surface area (Å²) < 4.78 is 0. The number of hydrazine groups is 1. The Morgan fingerprint density at radius 2 is 1.73 bits per heavy atom. The number of nitrogens with one attached hydrogen (secondary N) is 3. The number of carbonyl (C=O) groups is 1. The van der Waals surface area contributed by atoms with Gasteiger partial charge in [0.2, 0.25) is 11.6 Å². The van der Waals surface area contributed by atoms with Crippen LogP contribution in [0.5, 0.6) is 0 Å². The fourth-order valence-electron chi connectivity index (χ4n) is 2.78. The van der Waals surface area contributed by atoms with E-state index in [1.807, 2.05) is 24.3 Å². The second kappa shape index (κ2) is 9.97. The molecule has 0 saturated carbocycles. The second-order valence-corrected chi connectivity index (χ2v) is 6.55. The maximum Gasteiger partial charge on any atom is 0.355 e. The van der Waals surface area contributed by atoms with Crippen LogP contribution >= 0.6 is 0 Å². The number of benzene rings is 2. The van der Waals surface area contributed by atoms with Crippen LogP contribution in [-0.4, -0.2) is 20.8 Å². The fourth-order valence-corrected chi connectivity index (χ4v) is 2.78. The van der Waals surface area contributed by atoms with Gasteiger partial charge in [0.1, 0.15) is 6.33 Å². The predicted molar refractivity (Wildman–Crippen MR) is 115 cm³/mol. The summed E-state index contributed by atoms with van der Waals surface area (Å²) in [5.41, 5.74) is 6.83. The largest absolute Gasteiger partial charge is 0.355 e. The molecule has 0 aliphatic carbocycles. The molecule has 3 aromatic rings. The van der Waals surface area contributed by atoms with E-state index in [0.717, 1.165) is 19.3 Å². The molecule has 30 heavy (non-hydrogen) atoms. The quantitative estimate of drug-likeness (QED) is 0.359. The molecular weight excluding hydrogens is 384 g/mol. The Balaban J connectivity index is 1.76. The zero-order valence-corrected chi connectivity index (χ0v) is 16.5. The summed E-state index contributed by atoms with van der Waals surface area (Å²) in [6.45, 7) is 2.14. The molecule has 1 heterocycles. The number of unbranched alkanes of at least 4 members (excludes halogenated alkanes) is 1. The Morgan fingerprint density at radius 1 is 1.03 bits per heavy atom. The van der Waals surface area contributed by atoms with Gasteiger partial charge in [0.15, 0.2) is 0 Å². The van der Waals surface area contributed by atoms with Gasteiger partial charge in [-0.25, -0.2) is 9.97 Å². The van der Waals surface area contributed by atoms with Crippen molar-refractivity contribution in [3.05, 3.63) is 82.2 Å². The lowest BCUT2D eigenvalue weighted by Crippen LogP contribution is -2.30. The number of nitro groups is 1. The van der Waals surface area contributed by atoms with Crippen molar-refractivity contribution < 1.29 is 9.72 Å². The zero-order chi connectivity index (χ0) is 21.3. The van der Waals surface area contributed by atoms with Crippen LogP contribution < -0.4 is 16.2 Å². The molecule has 0 atom stereocenters. The minimum Gasteiger partial charge on any atom is -0.334 e. The van der Waals surface area contributed by atoms with Gasteiger partial charge in [0, 0.05) is 11.3 Å². The summed E-state index contributed by atoms with van der Waals surface area (Å²) >= 11 is 0. The monoisotopic (exact) mass is 406 g/mol. The average molecular weight is 406 g/mol. The number of aromatic nitrogens is 2. The van der Waals surface area contributed by atoms with E-state index in [1.54, 1.807) is 30.3 Å². The highest BCUT2D eigenvalue weighted by atomic mass is 16.6. The maximum atomic E-state index is 12.2. The summed E-state index contributed by atoms with van der Waals surface area (Å²) in [7, 11) is 0.